The fourth-order valence-electron chi connectivity index (χ4n) is 12.4. The van der Waals surface area contributed by atoms with E-state index in [2.05, 4.69) is 224 Å². The molecule has 0 saturated carbocycles. The van der Waals surface area contributed by atoms with Gasteiger partial charge in [0.2, 0.25) is 0 Å². The Morgan fingerprint density at radius 1 is 0.406 bits per heavy atom. The molecule has 3 aliphatic rings. The van der Waals surface area contributed by atoms with E-state index in [1.807, 2.05) is 11.3 Å². The molecule has 0 fully saturated rings. The minimum atomic E-state index is 0.0407. The fraction of sp³-hybridized carbons (Fsp3) is 0.446. The van der Waals surface area contributed by atoms with Crippen molar-refractivity contribution in [3.8, 4) is 0 Å². The van der Waals surface area contributed by atoms with Crippen LogP contribution in [0.5, 0.6) is 0 Å². The number of rotatable bonds is 6. The summed E-state index contributed by atoms with van der Waals surface area (Å²) in [6.07, 6.45) is 7.01. The van der Waals surface area contributed by atoms with Gasteiger partial charge in [0.25, 0.3) is 0 Å². The zero-order chi connectivity index (χ0) is 49.6. The van der Waals surface area contributed by atoms with Crippen molar-refractivity contribution in [3.05, 3.63) is 153 Å². The van der Waals surface area contributed by atoms with E-state index in [-0.39, 0.29) is 37.9 Å². The number of nitrogens with zero attached hydrogens (tertiary/aromatic N) is 2. The molecule has 0 bridgehead atoms. The molecule has 0 aliphatic heterocycles. The number of benzene rings is 6. The molecule has 0 unspecified atom stereocenters. The van der Waals surface area contributed by atoms with E-state index in [1.54, 1.807) is 0 Å². The van der Waals surface area contributed by atoms with Crippen molar-refractivity contribution < 1.29 is 0 Å². The van der Waals surface area contributed by atoms with Crippen molar-refractivity contribution in [3.63, 3.8) is 0 Å². The number of anilines is 6. The van der Waals surface area contributed by atoms with Crippen LogP contribution < -0.4 is 9.80 Å². The molecule has 0 N–H and O–H groups in total. The first kappa shape index (κ1) is 48.1. The highest BCUT2D eigenvalue weighted by molar-refractivity contribution is 7.25. The van der Waals surface area contributed by atoms with Crippen LogP contribution in [0.1, 0.15) is 187 Å². The number of hydrogen-bond acceptors (Lipinski definition) is 3. The lowest BCUT2D eigenvalue weighted by Gasteiger charge is -2.43. The fourth-order valence-corrected chi connectivity index (χ4v) is 13.8. The summed E-state index contributed by atoms with van der Waals surface area (Å²) in [5, 5.41) is 3.36. The minimum Gasteiger partial charge on any atom is -0.310 e. The highest BCUT2D eigenvalue weighted by Crippen LogP contribution is 2.54. The smallest absolute Gasteiger partial charge is 0.0497 e. The highest BCUT2D eigenvalue weighted by atomic mass is 35.5. The van der Waals surface area contributed by atoms with Crippen molar-refractivity contribution in [2.75, 3.05) is 9.80 Å². The molecule has 6 aromatic carbocycles. The predicted molar refractivity (Wildman–Crippen MR) is 303 cm³/mol. The van der Waals surface area contributed by atoms with Crippen LogP contribution in [0.3, 0.4) is 0 Å². The first-order chi connectivity index (χ1) is 32.1. The number of fused-ring (bicyclic) bond motifs is 6. The minimum absolute atomic E-state index is 0.0407. The van der Waals surface area contributed by atoms with E-state index < -0.39 is 0 Å². The van der Waals surface area contributed by atoms with Crippen LogP contribution in [0.4, 0.5) is 34.1 Å². The summed E-state index contributed by atoms with van der Waals surface area (Å²) in [5.41, 5.74) is 18.7. The molecule has 3 aliphatic carbocycles. The van der Waals surface area contributed by atoms with Gasteiger partial charge >= 0.3 is 0 Å². The van der Waals surface area contributed by atoms with Crippen LogP contribution in [-0.4, -0.2) is 0 Å². The second-order valence-electron chi connectivity index (χ2n) is 26.5. The van der Waals surface area contributed by atoms with Gasteiger partial charge in [-0.2, -0.15) is 0 Å². The molecule has 69 heavy (non-hydrogen) atoms. The summed E-state index contributed by atoms with van der Waals surface area (Å²) in [6.45, 7) is 38.4. The lowest BCUT2D eigenvalue weighted by Crippen LogP contribution is -2.34. The van der Waals surface area contributed by atoms with Gasteiger partial charge < -0.3 is 9.80 Å². The second-order valence-corrected chi connectivity index (χ2v) is 28.0. The molecule has 0 saturated heterocycles. The van der Waals surface area contributed by atoms with Gasteiger partial charge in [0.15, 0.2) is 0 Å². The Hall–Kier alpha value is -4.57. The first-order valence-corrected chi connectivity index (χ1v) is 27.1. The molecule has 0 spiro atoms. The zero-order valence-corrected chi connectivity index (χ0v) is 46.3. The van der Waals surface area contributed by atoms with Crippen LogP contribution in [0, 0.1) is 6.92 Å². The van der Waals surface area contributed by atoms with E-state index in [9.17, 15) is 0 Å². The van der Waals surface area contributed by atoms with Gasteiger partial charge in [-0.25, -0.2) is 0 Å². The number of halogens is 1. The summed E-state index contributed by atoms with van der Waals surface area (Å²) < 4.78 is 2.61. The van der Waals surface area contributed by atoms with Gasteiger partial charge in [-0.15, -0.1) is 11.3 Å². The maximum atomic E-state index is 7.57. The molecule has 360 valence electrons. The van der Waals surface area contributed by atoms with E-state index in [0.717, 1.165) is 36.3 Å². The van der Waals surface area contributed by atoms with Crippen molar-refractivity contribution in [2.24, 2.45) is 0 Å². The van der Waals surface area contributed by atoms with Crippen LogP contribution in [0.25, 0.3) is 20.2 Å². The van der Waals surface area contributed by atoms with Crippen LogP contribution in [0.15, 0.2) is 103 Å². The van der Waals surface area contributed by atoms with Crippen molar-refractivity contribution >= 4 is 77.2 Å². The third-order valence-electron chi connectivity index (χ3n) is 17.6. The van der Waals surface area contributed by atoms with Crippen LogP contribution >= 0.6 is 22.9 Å². The summed E-state index contributed by atoms with van der Waals surface area (Å²) in [5.74, 6) is 0. The third-order valence-corrected chi connectivity index (χ3v) is 18.9. The first-order valence-electron chi connectivity index (χ1n) is 25.9. The third kappa shape index (κ3) is 8.24. The SMILES string of the molecule is Cc1cc2c(cc1N(c1cc(Cl)cc(N(c3ccc4c(c3)C(C)(C)CCC4(C)C)c3ccc4c(c3)C(C)(C)CCC4(C)C)c1)c1ccc3c(c1)sc1ccc(C(C)(C)C)cc13)C(C)(C)CCC2(C)C. The van der Waals surface area contributed by atoms with Crippen LogP contribution in [0.2, 0.25) is 5.02 Å². The van der Waals surface area contributed by atoms with Gasteiger partial charge in [0, 0.05) is 59.3 Å². The van der Waals surface area contributed by atoms with Crippen molar-refractivity contribution in [1.29, 1.82) is 0 Å². The Labute approximate surface area is 424 Å². The topological polar surface area (TPSA) is 6.48 Å². The molecule has 1 heterocycles. The zero-order valence-electron chi connectivity index (χ0n) is 44.7. The molecule has 2 nitrogen and oxygen atoms in total. The summed E-state index contributed by atoms with van der Waals surface area (Å²) in [4.78, 5) is 5.03. The predicted octanol–water partition coefficient (Wildman–Crippen LogP) is 20.3. The Morgan fingerprint density at radius 2 is 0.841 bits per heavy atom. The Morgan fingerprint density at radius 3 is 1.35 bits per heavy atom. The molecule has 7 aromatic rings. The summed E-state index contributed by atoms with van der Waals surface area (Å²) in [7, 11) is 0. The molecular formula is C65H77ClN2S. The maximum absolute atomic E-state index is 7.57. The van der Waals surface area contributed by atoms with Gasteiger partial charge in [-0.3, -0.25) is 0 Å². The van der Waals surface area contributed by atoms with Gasteiger partial charge in [-0.05, 0) is 201 Å². The average molecular weight is 954 g/mol. The molecular weight excluding hydrogens is 876 g/mol. The van der Waals surface area contributed by atoms with Gasteiger partial charge in [0.1, 0.15) is 0 Å². The quantitative estimate of drug-likeness (QED) is 0.164. The molecule has 4 heteroatoms. The Kier molecular flexibility index (Phi) is 11.1. The Balaban J connectivity index is 1.23. The van der Waals surface area contributed by atoms with Crippen LogP contribution in [-0.2, 0) is 37.9 Å². The molecule has 1 aromatic heterocycles. The Bertz CT molecular complexity index is 3120. The lowest BCUT2D eigenvalue weighted by atomic mass is 9.63. The van der Waals surface area contributed by atoms with E-state index in [1.165, 1.54) is 101 Å². The summed E-state index contributed by atoms with van der Waals surface area (Å²) in [6, 6.07) is 40.7. The largest absolute Gasteiger partial charge is 0.310 e. The van der Waals surface area contributed by atoms with Crippen molar-refractivity contribution in [2.45, 2.75) is 187 Å². The summed E-state index contributed by atoms with van der Waals surface area (Å²) >= 11 is 9.47. The maximum Gasteiger partial charge on any atom is 0.0497 e. The number of hydrogen-bond donors (Lipinski definition) is 0. The molecule has 0 atom stereocenters. The second kappa shape index (κ2) is 16.0. The van der Waals surface area contributed by atoms with Gasteiger partial charge in [-0.1, -0.05) is 146 Å². The average Bonchev–Trinajstić information content (AvgIpc) is 3.63. The number of thiophene rings is 1. The normalized spacial score (nSPS) is 19.4. The highest BCUT2D eigenvalue weighted by Gasteiger charge is 2.41. The molecule has 0 amide bonds. The van der Waals surface area contributed by atoms with E-state index in [0.29, 0.717) is 5.02 Å². The van der Waals surface area contributed by atoms with E-state index in [4.69, 9.17) is 11.6 Å². The number of aryl methyl sites for hydroxylation is 1. The van der Waals surface area contributed by atoms with Crippen molar-refractivity contribution in [1.82, 2.24) is 0 Å². The van der Waals surface area contributed by atoms with E-state index >= 15 is 0 Å². The lowest BCUT2D eigenvalue weighted by molar-refractivity contribution is 0.332. The van der Waals surface area contributed by atoms with Gasteiger partial charge in [0.05, 0.1) is 0 Å². The molecule has 0 radical (unpaired) electrons. The monoisotopic (exact) mass is 953 g/mol. The standard InChI is InChI=1S/C65H77ClN2S/c1-40-31-52-55(65(15,16)30-29-62(52,9)10)39-56(40)68(45-18-21-48-49-32-41(59(2,3)4)17-24-57(49)69-58(48)38-45)47-34-42(66)33-46(35-47)67(43-19-22-50-53(36-43)63(11,12)27-25-60(50,5)6)44-20-23-51-54(37-44)64(13,14)28-26-61(51,7)8/h17-24,31-39H,25-30H2,1-16H3. The molecule has 10 rings (SSSR count).